The highest BCUT2D eigenvalue weighted by Gasteiger charge is 2.41. The number of rotatable bonds is 4. The van der Waals surface area contributed by atoms with Crippen molar-refractivity contribution >= 4 is 0 Å². The van der Waals surface area contributed by atoms with E-state index in [-0.39, 0.29) is 12.6 Å². The second kappa shape index (κ2) is 8.71. The minimum Gasteiger partial charge on any atom is -0.389 e. The molecule has 3 rings (SSSR count). The van der Waals surface area contributed by atoms with Gasteiger partial charge in [-0.05, 0) is 38.5 Å². The Kier molecular flexibility index (Phi) is 6.64. The summed E-state index contributed by atoms with van der Waals surface area (Å²) in [4.78, 5) is 0. The van der Waals surface area contributed by atoms with E-state index in [9.17, 15) is 10.2 Å². The molecule has 3 aliphatic rings. The van der Waals surface area contributed by atoms with Crippen molar-refractivity contribution in [3.05, 3.63) is 0 Å². The van der Waals surface area contributed by atoms with Gasteiger partial charge in [0.05, 0.1) is 12.2 Å². The zero-order valence-electron chi connectivity index (χ0n) is 13.6. The van der Waals surface area contributed by atoms with Crippen molar-refractivity contribution in [1.82, 2.24) is 5.32 Å². The van der Waals surface area contributed by atoms with Crippen LogP contribution >= 0.6 is 0 Å². The van der Waals surface area contributed by atoms with Crippen LogP contribution in [-0.4, -0.2) is 73.5 Å². The molecule has 2 unspecified atom stereocenters. The third kappa shape index (κ3) is 4.85. The second-order valence-electron chi connectivity index (χ2n) is 6.59. The molecule has 0 aromatic carbocycles. The molecule has 23 heavy (non-hydrogen) atoms. The van der Waals surface area contributed by atoms with Gasteiger partial charge in [0.2, 0.25) is 0 Å². The molecule has 6 atom stereocenters. The van der Waals surface area contributed by atoms with Crippen LogP contribution in [0.3, 0.4) is 0 Å². The Morgan fingerprint density at radius 3 is 1.61 bits per heavy atom. The molecule has 3 heterocycles. The Balaban J connectivity index is 1.66. The molecule has 0 amide bonds. The second-order valence-corrected chi connectivity index (χ2v) is 6.59. The summed E-state index contributed by atoms with van der Waals surface area (Å²) in [7, 11) is 0. The lowest BCUT2D eigenvalue weighted by atomic mass is 10.0. The quantitative estimate of drug-likeness (QED) is 0.675. The normalized spacial score (nSPS) is 43.0. The van der Waals surface area contributed by atoms with E-state index in [0.29, 0.717) is 26.3 Å². The molecular formula is C16H29NO6. The highest BCUT2D eigenvalue weighted by atomic mass is 16.7. The van der Waals surface area contributed by atoms with Gasteiger partial charge in [-0.2, -0.15) is 0 Å². The molecule has 0 bridgehead atoms. The molecule has 0 aliphatic carbocycles. The van der Waals surface area contributed by atoms with E-state index < -0.39 is 24.4 Å². The molecule has 3 aliphatic heterocycles. The van der Waals surface area contributed by atoms with Crippen molar-refractivity contribution in [1.29, 1.82) is 0 Å². The lowest BCUT2D eigenvalue weighted by Crippen LogP contribution is -2.51. The smallest absolute Gasteiger partial charge is 0.158 e. The average molecular weight is 331 g/mol. The summed E-state index contributed by atoms with van der Waals surface area (Å²) < 4.78 is 23.2. The van der Waals surface area contributed by atoms with Crippen molar-refractivity contribution in [2.24, 2.45) is 0 Å². The maximum absolute atomic E-state index is 10.4. The molecule has 3 fully saturated rings. The molecular weight excluding hydrogens is 302 g/mol. The van der Waals surface area contributed by atoms with E-state index in [1.807, 2.05) is 0 Å². The van der Waals surface area contributed by atoms with Gasteiger partial charge in [-0.1, -0.05) is 0 Å². The van der Waals surface area contributed by atoms with Gasteiger partial charge in [0, 0.05) is 26.3 Å². The van der Waals surface area contributed by atoms with E-state index in [1.54, 1.807) is 0 Å². The van der Waals surface area contributed by atoms with Crippen LogP contribution in [-0.2, 0) is 18.9 Å². The van der Waals surface area contributed by atoms with Gasteiger partial charge in [0.1, 0.15) is 12.2 Å². The molecule has 7 nitrogen and oxygen atoms in total. The molecule has 7 heteroatoms. The third-order valence-corrected chi connectivity index (χ3v) is 4.68. The number of hydrogen-bond acceptors (Lipinski definition) is 7. The fourth-order valence-electron chi connectivity index (χ4n) is 3.37. The van der Waals surface area contributed by atoms with Crippen molar-refractivity contribution < 1.29 is 29.2 Å². The molecule has 0 radical (unpaired) electrons. The number of nitrogens with one attached hydrogen (secondary N) is 1. The number of aliphatic hydroxyl groups excluding tert-OH is 2. The van der Waals surface area contributed by atoms with Crippen molar-refractivity contribution in [2.45, 2.75) is 75.5 Å². The van der Waals surface area contributed by atoms with Crippen LogP contribution in [0.5, 0.6) is 0 Å². The van der Waals surface area contributed by atoms with Crippen LogP contribution in [0, 0.1) is 0 Å². The first-order valence-corrected chi connectivity index (χ1v) is 8.85. The Bertz CT molecular complexity index is 313. The topological polar surface area (TPSA) is 89.4 Å². The zero-order valence-corrected chi connectivity index (χ0v) is 13.6. The maximum Gasteiger partial charge on any atom is 0.158 e. The summed E-state index contributed by atoms with van der Waals surface area (Å²) in [6.07, 6.45) is 2.31. The summed E-state index contributed by atoms with van der Waals surface area (Å²) in [6, 6.07) is 0. The summed E-state index contributed by atoms with van der Waals surface area (Å²) in [6.45, 7) is 2.07. The third-order valence-electron chi connectivity index (χ3n) is 4.68. The Morgan fingerprint density at radius 1 is 0.739 bits per heavy atom. The molecule has 134 valence electrons. The van der Waals surface area contributed by atoms with E-state index in [0.717, 1.165) is 38.5 Å². The van der Waals surface area contributed by atoms with Crippen molar-refractivity contribution in [2.75, 3.05) is 26.3 Å². The number of hydrogen-bond donors (Lipinski definition) is 3. The van der Waals surface area contributed by atoms with Crippen molar-refractivity contribution in [3.63, 3.8) is 0 Å². The van der Waals surface area contributed by atoms with Gasteiger partial charge in [0.25, 0.3) is 0 Å². The predicted octanol–water partition coefficient (Wildman–Crippen LogP) is 0.135. The fourth-order valence-corrected chi connectivity index (χ4v) is 3.37. The monoisotopic (exact) mass is 331 g/mol. The van der Waals surface area contributed by atoms with Gasteiger partial charge in [0.15, 0.2) is 12.6 Å². The SMILES string of the molecule is O[C@H]1CNC[C@H](O)[C@@H](OC2CCCCO2)[C@@H]1OC1CCCCO1. The summed E-state index contributed by atoms with van der Waals surface area (Å²) in [5.74, 6) is 0. The first kappa shape index (κ1) is 17.5. The summed E-state index contributed by atoms with van der Waals surface area (Å²) in [5, 5.41) is 23.9. The number of β-amino-alcohol motifs (C(OH)–C–C–N with tert-alkyl or cyclic N) is 2. The van der Waals surface area contributed by atoms with Gasteiger partial charge in [-0.3, -0.25) is 0 Å². The first-order chi connectivity index (χ1) is 11.2. The van der Waals surface area contributed by atoms with Crippen LogP contribution in [0.2, 0.25) is 0 Å². The van der Waals surface area contributed by atoms with Crippen molar-refractivity contribution in [3.8, 4) is 0 Å². The molecule has 0 spiro atoms. The van der Waals surface area contributed by atoms with E-state index in [2.05, 4.69) is 5.32 Å². The fraction of sp³-hybridized carbons (Fsp3) is 1.00. The van der Waals surface area contributed by atoms with Gasteiger partial charge in [-0.15, -0.1) is 0 Å². The van der Waals surface area contributed by atoms with Gasteiger partial charge < -0.3 is 34.5 Å². The molecule has 0 aromatic heterocycles. The molecule has 3 saturated heterocycles. The minimum absolute atomic E-state index is 0.341. The zero-order chi connectivity index (χ0) is 16.1. The van der Waals surface area contributed by atoms with E-state index >= 15 is 0 Å². The number of aliphatic hydroxyl groups is 2. The maximum atomic E-state index is 10.4. The Morgan fingerprint density at radius 2 is 1.22 bits per heavy atom. The standard InChI is InChI=1S/C16H29NO6/c18-11-9-17-10-12(19)16(23-14-6-2-4-8-21-14)15(11)22-13-5-1-3-7-20-13/h11-19H,1-10H2/t11-,12-,13?,14?,15+,16+/m0/s1. The highest BCUT2D eigenvalue weighted by molar-refractivity contribution is 4.90. The first-order valence-electron chi connectivity index (χ1n) is 8.85. The minimum atomic E-state index is -0.758. The van der Waals surface area contributed by atoms with Gasteiger partial charge in [-0.25, -0.2) is 0 Å². The predicted molar refractivity (Wildman–Crippen MR) is 81.8 cm³/mol. The van der Waals surface area contributed by atoms with Crippen LogP contribution in [0.25, 0.3) is 0 Å². The largest absolute Gasteiger partial charge is 0.389 e. The summed E-state index contributed by atoms with van der Waals surface area (Å²) in [5.41, 5.74) is 0. The lowest BCUT2D eigenvalue weighted by Gasteiger charge is -2.37. The molecule has 3 N–H and O–H groups in total. The van der Waals surface area contributed by atoms with Crippen LogP contribution < -0.4 is 5.32 Å². The number of ether oxygens (including phenoxy) is 4. The Labute approximate surface area is 137 Å². The molecule has 0 aromatic rings. The van der Waals surface area contributed by atoms with Gasteiger partial charge >= 0.3 is 0 Å². The van der Waals surface area contributed by atoms with Crippen LogP contribution in [0.15, 0.2) is 0 Å². The van der Waals surface area contributed by atoms with Crippen LogP contribution in [0.4, 0.5) is 0 Å². The van der Waals surface area contributed by atoms with Crippen LogP contribution in [0.1, 0.15) is 38.5 Å². The van der Waals surface area contributed by atoms with E-state index in [4.69, 9.17) is 18.9 Å². The Hall–Kier alpha value is -0.280. The average Bonchev–Trinajstić information content (AvgIpc) is 2.71. The van der Waals surface area contributed by atoms with E-state index in [1.165, 1.54) is 0 Å². The molecule has 0 saturated carbocycles. The summed E-state index contributed by atoms with van der Waals surface area (Å²) >= 11 is 0. The highest BCUT2D eigenvalue weighted by Crippen LogP contribution is 2.25. The lowest BCUT2D eigenvalue weighted by molar-refractivity contribution is -0.273.